The van der Waals surface area contributed by atoms with E-state index in [1.165, 1.54) is 0 Å². The zero-order valence-electron chi connectivity index (χ0n) is 13.7. The number of aryl methyl sites for hydroxylation is 1. The van der Waals surface area contributed by atoms with Crippen molar-refractivity contribution in [1.29, 1.82) is 0 Å². The predicted molar refractivity (Wildman–Crippen MR) is 100 cm³/mol. The normalized spacial score (nSPS) is 10.5. The summed E-state index contributed by atoms with van der Waals surface area (Å²) < 4.78 is 0. The molecule has 122 valence electrons. The second-order valence-electron chi connectivity index (χ2n) is 5.53. The molecular weight excluding hydrogens is 320 g/mol. The fourth-order valence-corrected chi connectivity index (χ4v) is 2.59. The van der Waals surface area contributed by atoms with E-state index in [9.17, 15) is 0 Å². The van der Waals surface area contributed by atoms with Crippen LogP contribution in [-0.4, -0.2) is 17.0 Å². The Morgan fingerprint density at radius 3 is 2.46 bits per heavy atom. The van der Waals surface area contributed by atoms with Crippen LogP contribution in [0.1, 0.15) is 11.3 Å². The molecule has 0 aliphatic rings. The molecule has 0 aliphatic heterocycles. The highest BCUT2D eigenvalue weighted by Crippen LogP contribution is 2.22. The summed E-state index contributed by atoms with van der Waals surface area (Å²) in [6, 6.07) is 19.8. The fourth-order valence-electron chi connectivity index (χ4n) is 2.39. The maximum absolute atomic E-state index is 6.20. The lowest BCUT2D eigenvalue weighted by Gasteiger charge is -2.18. The molecule has 0 fully saturated rings. The third kappa shape index (κ3) is 3.84. The minimum Gasteiger partial charge on any atom is -0.366 e. The Morgan fingerprint density at radius 1 is 1.00 bits per heavy atom. The van der Waals surface area contributed by atoms with Gasteiger partial charge in [0.25, 0.3) is 0 Å². The van der Waals surface area contributed by atoms with Crippen LogP contribution in [0.25, 0.3) is 0 Å². The van der Waals surface area contributed by atoms with Gasteiger partial charge in [-0.25, -0.2) is 4.98 Å². The minimum absolute atomic E-state index is 0.616. The zero-order chi connectivity index (χ0) is 16.9. The van der Waals surface area contributed by atoms with Gasteiger partial charge in [-0.3, -0.25) is 0 Å². The SMILES string of the molecule is Cc1cc(NCc2ccccc2Cl)nc(N(C)c2ccccc2)n1. The van der Waals surface area contributed by atoms with Crippen molar-refractivity contribution in [1.82, 2.24) is 9.97 Å². The average Bonchev–Trinajstić information content (AvgIpc) is 2.61. The maximum Gasteiger partial charge on any atom is 0.231 e. The van der Waals surface area contributed by atoms with E-state index < -0.39 is 0 Å². The molecule has 0 saturated carbocycles. The van der Waals surface area contributed by atoms with Crippen molar-refractivity contribution >= 4 is 29.1 Å². The van der Waals surface area contributed by atoms with Crippen LogP contribution in [0.2, 0.25) is 5.02 Å². The molecular formula is C19H19ClN4. The summed E-state index contributed by atoms with van der Waals surface area (Å²) >= 11 is 6.20. The molecule has 1 heterocycles. The number of hydrogen-bond donors (Lipinski definition) is 1. The van der Waals surface area contributed by atoms with Crippen molar-refractivity contribution in [2.45, 2.75) is 13.5 Å². The smallest absolute Gasteiger partial charge is 0.231 e. The summed E-state index contributed by atoms with van der Waals surface area (Å²) in [5.74, 6) is 1.43. The van der Waals surface area contributed by atoms with Gasteiger partial charge in [-0.1, -0.05) is 48.0 Å². The average molecular weight is 339 g/mol. The molecule has 0 radical (unpaired) electrons. The lowest BCUT2D eigenvalue weighted by atomic mass is 10.2. The van der Waals surface area contributed by atoms with Gasteiger partial charge < -0.3 is 10.2 Å². The van der Waals surface area contributed by atoms with Gasteiger partial charge in [-0.15, -0.1) is 0 Å². The molecule has 0 atom stereocenters. The van der Waals surface area contributed by atoms with Crippen molar-refractivity contribution < 1.29 is 0 Å². The molecule has 2 aromatic carbocycles. The molecule has 0 saturated heterocycles. The lowest BCUT2D eigenvalue weighted by Crippen LogP contribution is -2.15. The Bertz CT molecular complexity index is 821. The summed E-state index contributed by atoms with van der Waals surface area (Å²) in [6.07, 6.45) is 0. The summed E-state index contributed by atoms with van der Waals surface area (Å²) in [4.78, 5) is 11.1. The van der Waals surface area contributed by atoms with E-state index in [0.29, 0.717) is 12.5 Å². The third-order valence-electron chi connectivity index (χ3n) is 3.70. The Kier molecular flexibility index (Phi) is 4.96. The quantitative estimate of drug-likeness (QED) is 0.724. The van der Waals surface area contributed by atoms with Gasteiger partial charge in [0.1, 0.15) is 5.82 Å². The first-order valence-corrected chi connectivity index (χ1v) is 8.13. The predicted octanol–water partition coefficient (Wildman–Crippen LogP) is 4.82. The van der Waals surface area contributed by atoms with Crippen LogP contribution in [-0.2, 0) is 6.54 Å². The number of anilines is 3. The highest BCUT2D eigenvalue weighted by Gasteiger charge is 2.09. The second kappa shape index (κ2) is 7.32. The molecule has 5 heteroatoms. The van der Waals surface area contributed by atoms with Gasteiger partial charge in [0.05, 0.1) is 0 Å². The molecule has 0 amide bonds. The highest BCUT2D eigenvalue weighted by molar-refractivity contribution is 6.31. The topological polar surface area (TPSA) is 41.1 Å². The number of halogens is 1. The molecule has 0 bridgehead atoms. The molecule has 0 aliphatic carbocycles. The third-order valence-corrected chi connectivity index (χ3v) is 4.07. The summed E-state index contributed by atoms with van der Waals surface area (Å²) in [6.45, 7) is 2.58. The van der Waals surface area contributed by atoms with Crippen molar-refractivity contribution in [2.24, 2.45) is 0 Å². The molecule has 1 N–H and O–H groups in total. The van der Waals surface area contributed by atoms with Gasteiger partial charge in [-0.2, -0.15) is 4.98 Å². The Morgan fingerprint density at radius 2 is 1.71 bits per heavy atom. The lowest BCUT2D eigenvalue weighted by molar-refractivity contribution is 0.998. The molecule has 4 nitrogen and oxygen atoms in total. The number of nitrogens with one attached hydrogen (secondary N) is 1. The van der Waals surface area contributed by atoms with Crippen LogP contribution in [0.3, 0.4) is 0 Å². The van der Waals surface area contributed by atoms with Crippen LogP contribution in [0.5, 0.6) is 0 Å². The van der Waals surface area contributed by atoms with E-state index in [1.54, 1.807) is 0 Å². The van der Waals surface area contributed by atoms with E-state index in [0.717, 1.165) is 27.8 Å². The number of aromatic nitrogens is 2. The number of rotatable bonds is 5. The first-order chi connectivity index (χ1) is 11.6. The summed E-state index contributed by atoms with van der Waals surface area (Å²) in [5, 5.41) is 4.07. The summed E-state index contributed by atoms with van der Waals surface area (Å²) in [5.41, 5.74) is 2.98. The zero-order valence-corrected chi connectivity index (χ0v) is 14.5. The van der Waals surface area contributed by atoms with Crippen molar-refractivity contribution in [3.8, 4) is 0 Å². The van der Waals surface area contributed by atoms with Gasteiger partial charge >= 0.3 is 0 Å². The molecule has 0 unspecified atom stereocenters. The highest BCUT2D eigenvalue weighted by atomic mass is 35.5. The molecule has 24 heavy (non-hydrogen) atoms. The van der Waals surface area contributed by atoms with Crippen LogP contribution in [0.4, 0.5) is 17.5 Å². The largest absolute Gasteiger partial charge is 0.366 e. The monoisotopic (exact) mass is 338 g/mol. The van der Waals surface area contributed by atoms with Crippen LogP contribution >= 0.6 is 11.6 Å². The number of hydrogen-bond acceptors (Lipinski definition) is 4. The Hall–Kier alpha value is -2.59. The molecule has 3 rings (SSSR count). The van der Waals surface area contributed by atoms with Crippen molar-refractivity contribution in [2.75, 3.05) is 17.3 Å². The number of para-hydroxylation sites is 1. The standard InChI is InChI=1S/C19H19ClN4/c1-14-12-18(21-13-15-8-6-7-11-17(15)20)23-19(22-14)24(2)16-9-4-3-5-10-16/h3-12H,13H2,1-2H3,(H,21,22,23). The van der Waals surface area contributed by atoms with Gasteiger partial charge in [-0.05, 0) is 30.7 Å². The van der Waals surface area contributed by atoms with Crippen molar-refractivity contribution in [3.63, 3.8) is 0 Å². The number of nitrogens with zero attached hydrogens (tertiary/aromatic N) is 3. The minimum atomic E-state index is 0.616. The summed E-state index contributed by atoms with van der Waals surface area (Å²) in [7, 11) is 1.96. The molecule has 1 aromatic heterocycles. The van der Waals surface area contributed by atoms with Crippen molar-refractivity contribution in [3.05, 3.63) is 76.9 Å². The Labute approximate surface area is 147 Å². The van der Waals surface area contributed by atoms with Gasteiger partial charge in [0.15, 0.2) is 0 Å². The maximum atomic E-state index is 6.20. The van der Waals surface area contributed by atoms with Gasteiger partial charge in [0.2, 0.25) is 5.95 Å². The van der Waals surface area contributed by atoms with Crippen LogP contribution < -0.4 is 10.2 Å². The number of benzene rings is 2. The van der Waals surface area contributed by atoms with E-state index >= 15 is 0 Å². The Balaban J connectivity index is 1.80. The van der Waals surface area contributed by atoms with Crippen LogP contribution in [0, 0.1) is 6.92 Å². The molecule has 3 aromatic rings. The van der Waals surface area contributed by atoms with E-state index in [4.69, 9.17) is 11.6 Å². The van der Waals surface area contributed by atoms with Crippen LogP contribution in [0.15, 0.2) is 60.7 Å². The first kappa shape index (κ1) is 16.3. The van der Waals surface area contributed by atoms with E-state index in [-0.39, 0.29) is 0 Å². The second-order valence-corrected chi connectivity index (χ2v) is 5.94. The molecule has 0 spiro atoms. The van der Waals surface area contributed by atoms with E-state index in [1.807, 2.05) is 79.5 Å². The first-order valence-electron chi connectivity index (χ1n) is 7.75. The fraction of sp³-hybridized carbons (Fsp3) is 0.158. The van der Waals surface area contributed by atoms with Gasteiger partial charge in [0, 0.05) is 36.1 Å². The van der Waals surface area contributed by atoms with E-state index in [2.05, 4.69) is 15.3 Å².